The van der Waals surface area contributed by atoms with E-state index in [-0.39, 0.29) is 6.42 Å². The molecule has 0 aliphatic rings. The number of benzene rings is 2. The molecular weight excluding hydrogens is 304 g/mol. The van der Waals surface area contributed by atoms with Crippen molar-refractivity contribution >= 4 is 11.9 Å². The maximum Gasteiger partial charge on any atom is 0.320 e. The molecule has 4 heteroatoms. The van der Waals surface area contributed by atoms with Gasteiger partial charge in [-0.1, -0.05) is 48.2 Å². The first-order valence-corrected chi connectivity index (χ1v) is 7.46. The van der Waals surface area contributed by atoms with Crippen molar-refractivity contribution in [1.82, 2.24) is 0 Å². The van der Waals surface area contributed by atoms with Gasteiger partial charge < -0.3 is 9.47 Å². The molecule has 0 heterocycles. The second kappa shape index (κ2) is 8.54. The summed E-state index contributed by atoms with van der Waals surface area (Å²) in [5.41, 5.74) is 2.45. The largest absolute Gasteiger partial charge is 0.468 e. The molecule has 4 nitrogen and oxygen atoms in total. The number of hydrogen-bond acceptors (Lipinski definition) is 4. The van der Waals surface area contributed by atoms with E-state index in [1.807, 2.05) is 54.6 Å². The second-order valence-corrected chi connectivity index (χ2v) is 5.08. The van der Waals surface area contributed by atoms with Gasteiger partial charge in [0.15, 0.2) is 5.92 Å². The first-order chi connectivity index (χ1) is 11.7. The molecule has 0 radical (unpaired) electrons. The molecule has 0 amide bonds. The smallest absolute Gasteiger partial charge is 0.320 e. The summed E-state index contributed by atoms with van der Waals surface area (Å²) in [7, 11) is 2.50. The van der Waals surface area contributed by atoms with Crippen LogP contribution in [-0.4, -0.2) is 26.2 Å². The van der Waals surface area contributed by atoms with Crippen molar-refractivity contribution in [3.63, 3.8) is 0 Å². The van der Waals surface area contributed by atoms with Crippen LogP contribution in [0.25, 0.3) is 0 Å². The lowest BCUT2D eigenvalue weighted by Crippen LogP contribution is -2.28. The number of rotatable bonds is 4. The number of ether oxygens (including phenoxy) is 2. The molecule has 24 heavy (non-hydrogen) atoms. The van der Waals surface area contributed by atoms with Crippen LogP contribution in [0.5, 0.6) is 0 Å². The highest BCUT2D eigenvalue weighted by Crippen LogP contribution is 2.16. The van der Waals surface area contributed by atoms with Crippen LogP contribution in [0.3, 0.4) is 0 Å². The standard InChI is InChI=1S/C20H18O4/c1-23-19(21)18(20(22)24-2)14-17-11-7-6-10-16(17)13-12-15-8-4-3-5-9-15/h3-11,18H,14H2,1-2H3. The summed E-state index contributed by atoms with van der Waals surface area (Å²) in [6.45, 7) is 0. The van der Waals surface area contributed by atoms with E-state index < -0.39 is 17.9 Å². The summed E-state index contributed by atoms with van der Waals surface area (Å²) in [5.74, 6) is 3.94. The van der Waals surface area contributed by atoms with Crippen LogP contribution in [0.15, 0.2) is 54.6 Å². The quantitative estimate of drug-likeness (QED) is 0.493. The highest BCUT2D eigenvalue weighted by molar-refractivity contribution is 5.95. The SMILES string of the molecule is COC(=O)C(Cc1ccccc1C#Cc1ccccc1)C(=O)OC. The van der Waals surface area contributed by atoms with E-state index in [9.17, 15) is 9.59 Å². The van der Waals surface area contributed by atoms with Gasteiger partial charge in [0, 0.05) is 11.1 Å². The summed E-state index contributed by atoms with van der Waals surface area (Å²) < 4.78 is 9.40. The van der Waals surface area contributed by atoms with Gasteiger partial charge in [0.1, 0.15) is 0 Å². The molecule has 2 aromatic carbocycles. The Labute approximate surface area is 141 Å². The Morgan fingerprint density at radius 2 is 1.46 bits per heavy atom. The maximum absolute atomic E-state index is 11.8. The molecular formula is C20H18O4. The predicted octanol–water partition coefficient (Wildman–Crippen LogP) is 2.59. The van der Waals surface area contributed by atoms with Gasteiger partial charge in [0.05, 0.1) is 14.2 Å². The highest BCUT2D eigenvalue weighted by atomic mass is 16.5. The van der Waals surface area contributed by atoms with E-state index in [1.54, 1.807) is 0 Å². The topological polar surface area (TPSA) is 52.6 Å². The third kappa shape index (κ3) is 4.47. The first kappa shape index (κ1) is 17.3. The third-order valence-electron chi connectivity index (χ3n) is 3.53. The van der Waals surface area contributed by atoms with Gasteiger partial charge in [-0.05, 0) is 30.2 Å². The maximum atomic E-state index is 11.8. The molecule has 0 bridgehead atoms. The molecule has 0 aliphatic heterocycles. The molecule has 0 saturated carbocycles. The molecule has 0 aromatic heterocycles. The molecule has 0 N–H and O–H groups in total. The van der Waals surface area contributed by atoms with Crippen molar-refractivity contribution in [2.24, 2.45) is 5.92 Å². The number of carbonyl (C=O) groups is 2. The molecule has 0 aliphatic carbocycles. The van der Waals surface area contributed by atoms with Crippen LogP contribution in [0.2, 0.25) is 0 Å². The fourth-order valence-corrected chi connectivity index (χ4v) is 2.25. The Hall–Kier alpha value is -3.06. The molecule has 0 saturated heterocycles. The van der Waals surface area contributed by atoms with E-state index in [4.69, 9.17) is 9.47 Å². The van der Waals surface area contributed by atoms with Crippen LogP contribution in [0, 0.1) is 17.8 Å². The van der Waals surface area contributed by atoms with Crippen LogP contribution in [0.4, 0.5) is 0 Å². The third-order valence-corrected chi connectivity index (χ3v) is 3.53. The zero-order chi connectivity index (χ0) is 17.4. The fraction of sp³-hybridized carbons (Fsp3) is 0.200. The average molecular weight is 322 g/mol. The first-order valence-electron chi connectivity index (χ1n) is 7.46. The molecule has 0 fully saturated rings. The minimum Gasteiger partial charge on any atom is -0.468 e. The van der Waals surface area contributed by atoms with Crippen LogP contribution in [0.1, 0.15) is 16.7 Å². The molecule has 2 aromatic rings. The second-order valence-electron chi connectivity index (χ2n) is 5.08. The van der Waals surface area contributed by atoms with Gasteiger partial charge in [-0.15, -0.1) is 0 Å². The van der Waals surface area contributed by atoms with Crippen molar-refractivity contribution in [1.29, 1.82) is 0 Å². The lowest BCUT2D eigenvalue weighted by Gasteiger charge is -2.13. The monoisotopic (exact) mass is 322 g/mol. The van der Waals surface area contributed by atoms with Crippen molar-refractivity contribution in [2.45, 2.75) is 6.42 Å². The number of hydrogen-bond donors (Lipinski definition) is 0. The Kier molecular flexibility index (Phi) is 6.16. The summed E-state index contributed by atoms with van der Waals surface area (Å²) in [6, 6.07) is 17.0. The van der Waals surface area contributed by atoms with Gasteiger partial charge >= 0.3 is 11.9 Å². The summed E-state index contributed by atoms with van der Waals surface area (Å²) in [4.78, 5) is 23.7. The molecule has 0 atom stereocenters. The fourth-order valence-electron chi connectivity index (χ4n) is 2.25. The Morgan fingerprint density at radius 3 is 2.08 bits per heavy atom. The van der Waals surface area contributed by atoms with E-state index >= 15 is 0 Å². The minimum absolute atomic E-state index is 0.180. The lowest BCUT2D eigenvalue weighted by molar-refractivity contribution is -0.158. The Morgan fingerprint density at radius 1 is 0.875 bits per heavy atom. The molecule has 0 spiro atoms. The minimum atomic E-state index is -1.00. The Bertz CT molecular complexity index is 753. The van der Waals surface area contributed by atoms with E-state index in [0.29, 0.717) is 0 Å². The van der Waals surface area contributed by atoms with E-state index in [0.717, 1.165) is 16.7 Å². The normalized spacial score (nSPS) is 9.79. The lowest BCUT2D eigenvalue weighted by atomic mass is 9.95. The van der Waals surface area contributed by atoms with Gasteiger partial charge in [0.2, 0.25) is 0 Å². The van der Waals surface area contributed by atoms with Crippen molar-refractivity contribution in [3.05, 3.63) is 71.3 Å². The van der Waals surface area contributed by atoms with Crippen molar-refractivity contribution in [2.75, 3.05) is 14.2 Å². The van der Waals surface area contributed by atoms with Crippen LogP contribution in [-0.2, 0) is 25.5 Å². The van der Waals surface area contributed by atoms with Crippen LogP contribution < -0.4 is 0 Å². The van der Waals surface area contributed by atoms with Gasteiger partial charge in [-0.3, -0.25) is 9.59 Å². The highest BCUT2D eigenvalue weighted by Gasteiger charge is 2.29. The van der Waals surface area contributed by atoms with E-state index in [2.05, 4.69) is 11.8 Å². The van der Waals surface area contributed by atoms with E-state index in [1.165, 1.54) is 14.2 Å². The van der Waals surface area contributed by atoms with Crippen LogP contribution >= 0.6 is 0 Å². The molecule has 0 unspecified atom stereocenters. The summed E-state index contributed by atoms with van der Waals surface area (Å²) in [5, 5.41) is 0. The zero-order valence-electron chi connectivity index (χ0n) is 13.6. The number of esters is 2. The Balaban J connectivity index is 2.30. The molecule has 122 valence electrons. The van der Waals surface area contributed by atoms with Gasteiger partial charge in [-0.25, -0.2) is 0 Å². The number of carbonyl (C=O) groups excluding carboxylic acids is 2. The van der Waals surface area contributed by atoms with Gasteiger partial charge in [-0.2, -0.15) is 0 Å². The van der Waals surface area contributed by atoms with Crippen molar-refractivity contribution < 1.29 is 19.1 Å². The summed E-state index contributed by atoms with van der Waals surface area (Å²) in [6.07, 6.45) is 0.180. The van der Waals surface area contributed by atoms with Gasteiger partial charge in [0.25, 0.3) is 0 Å². The number of methoxy groups -OCH3 is 2. The summed E-state index contributed by atoms with van der Waals surface area (Å²) >= 11 is 0. The molecule has 2 rings (SSSR count). The zero-order valence-corrected chi connectivity index (χ0v) is 13.6. The average Bonchev–Trinajstić information content (AvgIpc) is 2.64. The predicted molar refractivity (Wildman–Crippen MR) is 90.1 cm³/mol. The van der Waals surface area contributed by atoms with Crippen molar-refractivity contribution in [3.8, 4) is 11.8 Å².